The van der Waals surface area contributed by atoms with Crippen molar-refractivity contribution in [1.82, 2.24) is 0 Å². The number of hydrogen-bond donors (Lipinski definition) is 2. The number of phenols is 2. The fourth-order valence-electron chi connectivity index (χ4n) is 5.13. The van der Waals surface area contributed by atoms with Crippen LogP contribution in [0.2, 0.25) is 0 Å². The standard InChI is InChI=1S/C27H14F8O2/c28-21-17(26(30,31)32)9-11-19(23(21)36)25(20-12-10-18(27(33,34)35)22(29)24(20)37)15-7-3-1-5-13(15)14-6-2-4-8-16(14)25/h1-12,36-37H. The summed E-state index contributed by atoms with van der Waals surface area (Å²) in [6.45, 7) is 0. The lowest BCUT2D eigenvalue weighted by Gasteiger charge is -2.35. The van der Waals surface area contributed by atoms with Gasteiger partial charge in [0.1, 0.15) is 0 Å². The molecule has 0 spiro atoms. The van der Waals surface area contributed by atoms with Gasteiger partial charge in [0.25, 0.3) is 0 Å². The molecule has 37 heavy (non-hydrogen) atoms. The highest BCUT2D eigenvalue weighted by Gasteiger charge is 2.51. The average Bonchev–Trinajstić information content (AvgIpc) is 3.12. The second kappa shape index (κ2) is 7.96. The molecule has 4 aromatic carbocycles. The summed E-state index contributed by atoms with van der Waals surface area (Å²) in [6.07, 6.45) is -10.3. The Bertz CT molecular complexity index is 1440. The van der Waals surface area contributed by atoms with E-state index in [4.69, 9.17) is 0 Å². The maximum atomic E-state index is 15.0. The van der Waals surface area contributed by atoms with Crippen LogP contribution in [0.4, 0.5) is 35.1 Å². The highest BCUT2D eigenvalue weighted by molar-refractivity contribution is 5.87. The molecule has 2 N–H and O–H groups in total. The number of rotatable bonds is 2. The Morgan fingerprint density at radius 1 is 0.486 bits per heavy atom. The maximum Gasteiger partial charge on any atom is 0.419 e. The van der Waals surface area contributed by atoms with Gasteiger partial charge in [0.2, 0.25) is 0 Å². The van der Waals surface area contributed by atoms with E-state index in [0.717, 1.165) is 12.1 Å². The minimum Gasteiger partial charge on any atom is -0.505 e. The topological polar surface area (TPSA) is 40.5 Å². The van der Waals surface area contributed by atoms with E-state index in [1.807, 2.05) is 0 Å². The van der Waals surface area contributed by atoms with Crippen molar-refractivity contribution in [2.45, 2.75) is 17.8 Å². The number of fused-ring (bicyclic) bond motifs is 3. The van der Waals surface area contributed by atoms with Crippen molar-refractivity contribution in [3.63, 3.8) is 0 Å². The Morgan fingerprint density at radius 3 is 1.19 bits per heavy atom. The lowest BCUT2D eigenvalue weighted by Crippen LogP contribution is -2.30. The van der Waals surface area contributed by atoms with Gasteiger partial charge in [-0.15, -0.1) is 0 Å². The first-order chi connectivity index (χ1) is 17.3. The van der Waals surface area contributed by atoms with Crippen LogP contribution in [0.1, 0.15) is 33.4 Å². The molecule has 1 aliphatic rings. The normalized spacial score (nSPS) is 14.4. The van der Waals surface area contributed by atoms with Gasteiger partial charge in [-0.25, -0.2) is 8.78 Å². The Kier molecular flexibility index (Phi) is 5.29. The first-order valence-corrected chi connectivity index (χ1v) is 10.7. The summed E-state index contributed by atoms with van der Waals surface area (Å²) in [5, 5.41) is 21.6. The van der Waals surface area contributed by atoms with Crippen LogP contribution < -0.4 is 0 Å². The number of alkyl halides is 6. The minimum atomic E-state index is -5.17. The molecule has 4 aromatic rings. The van der Waals surface area contributed by atoms with E-state index in [1.165, 1.54) is 24.3 Å². The van der Waals surface area contributed by atoms with E-state index < -0.39 is 63.2 Å². The molecule has 0 bridgehead atoms. The number of aromatic hydroxyl groups is 2. The third kappa shape index (κ3) is 3.38. The molecule has 190 valence electrons. The lowest BCUT2D eigenvalue weighted by atomic mass is 9.66. The number of hydrogen-bond acceptors (Lipinski definition) is 2. The molecule has 1 aliphatic carbocycles. The Balaban J connectivity index is 1.97. The van der Waals surface area contributed by atoms with Crippen LogP contribution in [0.3, 0.4) is 0 Å². The predicted octanol–water partition coefficient (Wildman–Crippen LogP) is 7.78. The monoisotopic (exact) mass is 522 g/mol. The molecule has 0 heterocycles. The van der Waals surface area contributed by atoms with Crippen LogP contribution in [0.25, 0.3) is 11.1 Å². The summed E-state index contributed by atoms with van der Waals surface area (Å²) in [6, 6.07) is 14.7. The SMILES string of the molecule is Oc1c(C2(c3ccc(C(F)(F)F)c(F)c3O)c3ccccc3-c3ccccc32)ccc(C(F)(F)F)c1F. The van der Waals surface area contributed by atoms with Crippen LogP contribution in [0, 0.1) is 11.6 Å². The molecule has 0 saturated carbocycles. The van der Waals surface area contributed by atoms with Gasteiger partial charge in [0, 0.05) is 11.1 Å². The van der Waals surface area contributed by atoms with Gasteiger partial charge in [-0.05, 0) is 34.4 Å². The largest absolute Gasteiger partial charge is 0.505 e. The molecule has 0 fully saturated rings. The number of halogens is 8. The predicted molar refractivity (Wildman–Crippen MR) is 117 cm³/mol. The molecule has 0 saturated heterocycles. The molecular weight excluding hydrogens is 508 g/mol. The molecule has 0 aromatic heterocycles. The summed E-state index contributed by atoms with van der Waals surface area (Å²) in [5.74, 6) is -6.92. The summed E-state index contributed by atoms with van der Waals surface area (Å²) >= 11 is 0. The number of phenolic OH excluding ortho intramolecular Hbond substituents is 2. The van der Waals surface area contributed by atoms with E-state index in [-0.39, 0.29) is 11.1 Å². The van der Waals surface area contributed by atoms with E-state index in [1.54, 1.807) is 24.3 Å². The quantitative estimate of drug-likeness (QED) is 0.233. The van der Waals surface area contributed by atoms with Crippen molar-refractivity contribution in [1.29, 1.82) is 0 Å². The minimum absolute atomic E-state index is 0.181. The van der Waals surface area contributed by atoms with Crippen molar-refractivity contribution in [3.8, 4) is 22.6 Å². The van der Waals surface area contributed by atoms with Crippen molar-refractivity contribution in [2.75, 3.05) is 0 Å². The van der Waals surface area contributed by atoms with Gasteiger partial charge in [-0.2, -0.15) is 26.3 Å². The summed E-state index contributed by atoms with van der Waals surface area (Å²) in [5.41, 5.74) is -5.42. The van der Waals surface area contributed by atoms with E-state index in [9.17, 15) is 45.3 Å². The van der Waals surface area contributed by atoms with Gasteiger partial charge < -0.3 is 10.2 Å². The molecule has 0 amide bonds. The van der Waals surface area contributed by atoms with Gasteiger partial charge in [0.15, 0.2) is 23.1 Å². The highest BCUT2D eigenvalue weighted by atomic mass is 19.4. The third-order valence-electron chi connectivity index (χ3n) is 6.60. The van der Waals surface area contributed by atoms with Gasteiger partial charge in [-0.1, -0.05) is 60.7 Å². The Morgan fingerprint density at radius 2 is 0.838 bits per heavy atom. The van der Waals surface area contributed by atoms with Gasteiger partial charge >= 0.3 is 12.4 Å². The van der Waals surface area contributed by atoms with E-state index in [0.29, 0.717) is 23.3 Å². The molecule has 0 radical (unpaired) electrons. The molecular formula is C27H14F8O2. The van der Waals surface area contributed by atoms with Crippen molar-refractivity contribution >= 4 is 0 Å². The molecule has 10 heteroatoms. The van der Waals surface area contributed by atoms with Gasteiger partial charge in [-0.3, -0.25) is 0 Å². The Hall–Kier alpha value is -4.08. The Labute approximate surface area is 204 Å². The fourth-order valence-corrected chi connectivity index (χ4v) is 5.13. The average molecular weight is 522 g/mol. The molecule has 0 aliphatic heterocycles. The van der Waals surface area contributed by atoms with Crippen molar-refractivity contribution < 1.29 is 45.3 Å². The molecule has 5 rings (SSSR count). The zero-order valence-electron chi connectivity index (χ0n) is 18.3. The number of benzene rings is 4. The molecule has 2 nitrogen and oxygen atoms in total. The van der Waals surface area contributed by atoms with Crippen LogP contribution in [0.15, 0.2) is 72.8 Å². The maximum absolute atomic E-state index is 15.0. The fraction of sp³-hybridized carbons (Fsp3) is 0.111. The smallest absolute Gasteiger partial charge is 0.419 e. The van der Waals surface area contributed by atoms with Crippen LogP contribution in [-0.2, 0) is 17.8 Å². The van der Waals surface area contributed by atoms with Crippen LogP contribution in [-0.4, -0.2) is 10.2 Å². The summed E-state index contributed by atoms with van der Waals surface area (Å²) in [7, 11) is 0. The van der Waals surface area contributed by atoms with Gasteiger partial charge in [0.05, 0.1) is 16.5 Å². The van der Waals surface area contributed by atoms with E-state index in [2.05, 4.69) is 0 Å². The van der Waals surface area contributed by atoms with Crippen LogP contribution in [0.5, 0.6) is 11.5 Å². The first kappa shape index (κ1) is 24.6. The highest BCUT2D eigenvalue weighted by Crippen LogP contribution is 2.60. The van der Waals surface area contributed by atoms with Crippen molar-refractivity contribution in [3.05, 3.63) is 118 Å². The second-order valence-corrected chi connectivity index (χ2v) is 8.48. The second-order valence-electron chi connectivity index (χ2n) is 8.48. The lowest BCUT2D eigenvalue weighted by molar-refractivity contribution is -0.141. The van der Waals surface area contributed by atoms with E-state index >= 15 is 0 Å². The molecule has 0 atom stereocenters. The summed E-state index contributed by atoms with van der Waals surface area (Å²) in [4.78, 5) is 0. The zero-order chi connectivity index (χ0) is 26.9. The summed E-state index contributed by atoms with van der Waals surface area (Å²) < 4.78 is 110. The zero-order valence-corrected chi connectivity index (χ0v) is 18.3. The first-order valence-electron chi connectivity index (χ1n) is 10.7. The van der Waals surface area contributed by atoms with Crippen molar-refractivity contribution in [2.24, 2.45) is 0 Å². The third-order valence-corrected chi connectivity index (χ3v) is 6.60. The van der Waals surface area contributed by atoms with Crippen LogP contribution >= 0.6 is 0 Å². The molecule has 0 unspecified atom stereocenters.